The minimum atomic E-state index is -4.78. The summed E-state index contributed by atoms with van der Waals surface area (Å²) in [5.74, 6) is 0. The van der Waals surface area contributed by atoms with Crippen LogP contribution in [0.4, 0.5) is 13.2 Å². The van der Waals surface area contributed by atoms with Crippen molar-refractivity contribution in [2.24, 2.45) is 7.05 Å². The normalized spacial score (nSPS) is 21.3. The number of methoxy groups -OCH3 is 1. The van der Waals surface area contributed by atoms with Crippen molar-refractivity contribution in [2.45, 2.75) is 41.7 Å². The van der Waals surface area contributed by atoms with Crippen LogP contribution in [0.1, 0.15) is 24.8 Å². The molecule has 1 saturated carbocycles. The molecule has 2 atom stereocenters. The van der Waals surface area contributed by atoms with Crippen molar-refractivity contribution in [1.82, 2.24) is 9.78 Å². The molecular formula is C17H19F3N2O3S. The molecule has 0 bridgehead atoms. The number of aromatic nitrogens is 2. The lowest BCUT2D eigenvalue weighted by Gasteiger charge is -2.18. The maximum absolute atomic E-state index is 13.6. The van der Waals surface area contributed by atoms with Gasteiger partial charge in [0.1, 0.15) is 0 Å². The van der Waals surface area contributed by atoms with Crippen molar-refractivity contribution in [3.05, 3.63) is 36.2 Å². The topological polar surface area (TPSA) is 61.2 Å². The Bertz CT molecular complexity index is 906. The van der Waals surface area contributed by atoms with Gasteiger partial charge in [-0.2, -0.15) is 18.3 Å². The first-order valence-electron chi connectivity index (χ1n) is 8.10. The van der Waals surface area contributed by atoms with E-state index in [9.17, 15) is 21.6 Å². The lowest BCUT2D eigenvalue weighted by atomic mass is 10.1. The molecule has 0 aliphatic heterocycles. The predicted molar refractivity (Wildman–Crippen MR) is 89.3 cm³/mol. The highest BCUT2D eigenvalue weighted by Gasteiger charge is 2.42. The number of aryl methyl sites for hydroxylation is 1. The summed E-state index contributed by atoms with van der Waals surface area (Å²) < 4.78 is 73.1. The summed E-state index contributed by atoms with van der Waals surface area (Å²) >= 11 is 0. The fourth-order valence-corrected chi connectivity index (χ4v) is 5.34. The van der Waals surface area contributed by atoms with E-state index in [-0.39, 0.29) is 18.1 Å². The SMILES string of the molecule is CO[C@H]1CC[C@@H](S(=O)(=O)c2ccc(-c3cnn(C)c3)cc2C(F)(F)F)C1. The zero-order valence-electron chi connectivity index (χ0n) is 14.3. The summed E-state index contributed by atoms with van der Waals surface area (Å²) in [6, 6.07) is 3.33. The van der Waals surface area contributed by atoms with Gasteiger partial charge in [-0.15, -0.1) is 0 Å². The second-order valence-corrected chi connectivity index (χ2v) is 8.65. The van der Waals surface area contributed by atoms with Crippen LogP contribution in [0.15, 0.2) is 35.5 Å². The van der Waals surface area contributed by atoms with E-state index in [1.807, 2.05) is 0 Å². The van der Waals surface area contributed by atoms with Crippen LogP contribution in [-0.2, 0) is 27.8 Å². The van der Waals surface area contributed by atoms with Crippen molar-refractivity contribution in [2.75, 3.05) is 7.11 Å². The van der Waals surface area contributed by atoms with Gasteiger partial charge in [0.2, 0.25) is 0 Å². The molecule has 0 unspecified atom stereocenters. The number of hydrogen-bond donors (Lipinski definition) is 0. The Morgan fingerprint density at radius 3 is 2.50 bits per heavy atom. The quantitative estimate of drug-likeness (QED) is 0.805. The van der Waals surface area contributed by atoms with Crippen molar-refractivity contribution < 1.29 is 26.3 Å². The Kier molecular flexibility index (Phi) is 4.87. The predicted octanol–water partition coefficient (Wildman–Crippen LogP) is 3.45. The van der Waals surface area contributed by atoms with E-state index in [0.29, 0.717) is 18.4 Å². The molecule has 0 saturated heterocycles. The zero-order chi connectivity index (χ0) is 19.1. The average Bonchev–Trinajstić information content (AvgIpc) is 3.22. The monoisotopic (exact) mass is 388 g/mol. The Labute approximate surface area is 149 Å². The molecule has 1 fully saturated rings. The first-order chi connectivity index (χ1) is 12.1. The molecule has 1 heterocycles. The minimum absolute atomic E-state index is 0.209. The molecule has 0 amide bonds. The van der Waals surface area contributed by atoms with Gasteiger partial charge in [0, 0.05) is 25.9 Å². The van der Waals surface area contributed by atoms with Crippen LogP contribution in [0.5, 0.6) is 0 Å². The summed E-state index contributed by atoms with van der Waals surface area (Å²) in [5, 5.41) is 3.08. The number of benzene rings is 1. The summed E-state index contributed by atoms with van der Waals surface area (Å²) in [6.45, 7) is 0. The molecule has 0 radical (unpaired) electrons. The molecule has 1 aliphatic carbocycles. The highest BCUT2D eigenvalue weighted by Crippen LogP contribution is 2.40. The van der Waals surface area contributed by atoms with Gasteiger partial charge < -0.3 is 4.74 Å². The van der Waals surface area contributed by atoms with Crippen molar-refractivity contribution in [1.29, 1.82) is 0 Å². The first-order valence-corrected chi connectivity index (χ1v) is 9.64. The minimum Gasteiger partial charge on any atom is -0.381 e. The number of hydrogen-bond acceptors (Lipinski definition) is 4. The molecule has 0 spiro atoms. The van der Waals surface area contributed by atoms with Gasteiger partial charge >= 0.3 is 6.18 Å². The third kappa shape index (κ3) is 3.50. The van der Waals surface area contributed by atoms with Crippen LogP contribution in [0.3, 0.4) is 0 Å². The van der Waals surface area contributed by atoms with Gasteiger partial charge in [-0.25, -0.2) is 8.42 Å². The van der Waals surface area contributed by atoms with E-state index in [2.05, 4.69) is 5.10 Å². The molecule has 1 aromatic heterocycles. The number of ether oxygens (including phenoxy) is 1. The van der Waals surface area contributed by atoms with Gasteiger partial charge in [0.25, 0.3) is 0 Å². The second-order valence-electron chi connectivity index (χ2n) is 6.45. The van der Waals surface area contributed by atoms with Gasteiger partial charge in [-0.05, 0) is 37.0 Å². The van der Waals surface area contributed by atoms with Crippen LogP contribution in [0, 0.1) is 0 Å². The van der Waals surface area contributed by atoms with E-state index < -0.39 is 31.7 Å². The summed E-state index contributed by atoms with van der Waals surface area (Å²) in [5.41, 5.74) is -0.382. The zero-order valence-corrected chi connectivity index (χ0v) is 15.1. The Morgan fingerprint density at radius 1 is 1.23 bits per heavy atom. The third-order valence-electron chi connectivity index (χ3n) is 4.74. The van der Waals surface area contributed by atoms with Crippen molar-refractivity contribution >= 4 is 9.84 Å². The van der Waals surface area contributed by atoms with Crippen LogP contribution in [-0.4, -0.2) is 36.7 Å². The van der Waals surface area contributed by atoms with Crippen molar-refractivity contribution in [3.8, 4) is 11.1 Å². The fraction of sp³-hybridized carbons (Fsp3) is 0.471. The number of nitrogens with zero attached hydrogens (tertiary/aromatic N) is 2. The maximum Gasteiger partial charge on any atom is 0.417 e. The summed E-state index contributed by atoms with van der Waals surface area (Å²) in [4.78, 5) is -0.667. The van der Waals surface area contributed by atoms with Gasteiger partial charge in [0.05, 0.1) is 28.0 Å². The summed E-state index contributed by atoms with van der Waals surface area (Å²) in [7, 11) is -0.982. The smallest absolute Gasteiger partial charge is 0.381 e. The lowest BCUT2D eigenvalue weighted by Crippen LogP contribution is -2.23. The van der Waals surface area contributed by atoms with E-state index in [1.165, 1.54) is 24.1 Å². The molecule has 9 heteroatoms. The Hall–Kier alpha value is -1.87. The van der Waals surface area contributed by atoms with Crippen LogP contribution < -0.4 is 0 Å². The Morgan fingerprint density at radius 2 is 1.96 bits per heavy atom. The molecular weight excluding hydrogens is 369 g/mol. The van der Waals surface area contributed by atoms with Crippen molar-refractivity contribution in [3.63, 3.8) is 0 Å². The second kappa shape index (κ2) is 6.70. The highest BCUT2D eigenvalue weighted by atomic mass is 32.2. The molecule has 1 aromatic carbocycles. The third-order valence-corrected chi connectivity index (χ3v) is 7.01. The maximum atomic E-state index is 13.6. The van der Waals surface area contributed by atoms with E-state index in [1.54, 1.807) is 13.2 Å². The highest BCUT2D eigenvalue weighted by molar-refractivity contribution is 7.92. The number of rotatable bonds is 4. The van der Waals surface area contributed by atoms with Crippen LogP contribution in [0.2, 0.25) is 0 Å². The van der Waals surface area contributed by atoms with Gasteiger partial charge in [0.15, 0.2) is 9.84 Å². The van der Waals surface area contributed by atoms with E-state index >= 15 is 0 Å². The molecule has 26 heavy (non-hydrogen) atoms. The summed E-state index contributed by atoms with van der Waals surface area (Å²) in [6.07, 6.45) is -0.981. The molecule has 2 aromatic rings. The average molecular weight is 388 g/mol. The number of sulfone groups is 1. The largest absolute Gasteiger partial charge is 0.417 e. The lowest BCUT2D eigenvalue weighted by molar-refractivity contribution is -0.139. The molecule has 1 aliphatic rings. The standard InChI is InChI=1S/C17H19F3N2O3S/c1-22-10-12(9-21-22)11-3-6-16(15(7-11)17(18,19)20)26(23,24)14-5-4-13(8-14)25-2/h3,6-7,9-10,13-14H,4-5,8H2,1-2H3/t13-,14+/m0/s1. The first kappa shape index (κ1) is 18.9. The Balaban J connectivity index is 2.07. The molecule has 0 N–H and O–H groups in total. The molecule has 3 rings (SSSR count). The van der Waals surface area contributed by atoms with Gasteiger partial charge in [-0.1, -0.05) is 6.07 Å². The van der Waals surface area contributed by atoms with Crippen LogP contribution >= 0.6 is 0 Å². The fourth-order valence-electron chi connectivity index (χ4n) is 3.33. The molecule has 142 valence electrons. The number of alkyl halides is 3. The van der Waals surface area contributed by atoms with Crippen LogP contribution in [0.25, 0.3) is 11.1 Å². The van der Waals surface area contributed by atoms with E-state index in [0.717, 1.165) is 12.1 Å². The number of halogens is 3. The van der Waals surface area contributed by atoms with Gasteiger partial charge in [-0.3, -0.25) is 4.68 Å². The van der Waals surface area contributed by atoms with E-state index in [4.69, 9.17) is 4.74 Å². The molecule has 5 nitrogen and oxygen atoms in total.